The van der Waals surface area contributed by atoms with Crippen LogP contribution < -0.4 is 15.6 Å². The van der Waals surface area contributed by atoms with E-state index in [1.807, 2.05) is 71.3 Å². The second kappa shape index (κ2) is 11.3. The van der Waals surface area contributed by atoms with Crippen molar-refractivity contribution in [3.63, 3.8) is 0 Å². The third kappa shape index (κ3) is 5.61. The quantitative estimate of drug-likeness (QED) is 0.288. The topological polar surface area (TPSA) is 99.8 Å². The molecule has 1 fully saturated rings. The second-order valence-corrected chi connectivity index (χ2v) is 10.0. The lowest BCUT2D eigenvalue weighted by molar-refractivity contribution is -0.122. The van der Waals surface area contributed by atoms with Gasteiger partial charge in [0.05, 0.1) is 5.69 Å². The fourth-order valence-corrected chi connectivity index (χ4v) is 4.80. The van der Waals surface area contributed by atoms with E-state index in [2.05, 4.69) is 15.4 Å². The van der Waals surface area contributed by atoms with Crippen molar-refractivity contribution < 1.29 is 14.3 Å². The van der Waals surface area contributed by atoms with E-state index in [4.69, 9.17) is 21.1 Å². The summed E-state index contributed by atoms with van der Waals surface area (Å²) in [6.45, 7) is 1.52. The van der Waals surface area contributed by atoms with E-state index in [0.717, 1.165) is 11.1 Å². The number of benzene rings is 2. The van der Waals surface area contributed by atoms with E-state index in [0.29, 0.717) is 60.6 Å². The Morgan fingerprint density at radius 1 is 1.05 bits per heavy atom. The molecular weight excluding hydrogens is 530 g/mol. The van der Waals surface area contributed by atoms with Crippen LogP contribution in [-0.2, 0) is 16.1 Å². The van der Waals surface area contributed by atoms with Crippen molar-refractivity contribution in [2.24, 2.45) is 5.92 Å². The molecule has 0 saturated carbocycles. The van der Waals surface area contributed by atoms with Crippen molar-refractivity contribution in [1.82, 2.24) is 19.2 Å². The molecule has 1 aliphatic heterocycles. The van der Waals surface area contributed by atoms with Gasteiger partial charge in [0.1, 0.15) is 17.1 Å². The highest BCUT2D eigenvalue weighted by Gasteiger charge is 2.23. The van der Waals surface area contributed by atoms with Crippen molar-refractivity contribution in [3.05, 3.63) is 106 Å². The smallest absolute Gasteiger partial charge is 0.298 e. The van der Waals surface area contributed by atoms with Crippen LogP contribution in [0.2, 0.25) is 5.02 Å². The SMILES string of the molecule is O=C(Nc1cn(Cc2ccc(Cl)cc2)c2cc(-c3ccc(Oc4ccccn4)cc3)nn2c1=O)C1CCOCC1. The van der Waals surface area contributed by atoms with E-state index in [1.54, 1.807) is 18.5 Å². The summed E-state index contributed by atoms with van der Waals surface area (Å²) < 4.78 is 14.4. The summed E-state index contributed by atoms with van der Waals surface area (Å²) in [5, 5.41) is 8.12. The van der Waals surface area contributed by atoms with Crippen LogP contribution in [0.4, 0.5) is 5.69 Å². The molecule has 10 heteroatoms. The van der Waals surface area contributed by atoms with Crippen LogP contribution in [0.15, 0.2) is 90.0 Å². The minimum absolute atomic E-state index is 0.173. The molecule has 6 rings (SSSR count). The highest BCUT2D eigenvalue weighted by molar-refractivity contribution is 6.30. The van der Waals surface area contributed by atoms with Crippen LogP contribution in [-0.4, -0.2) is 38.3 Å². The fourth-order valence-electron chi connectivity index (χ4n) is 4.67. The van der Waals surface area contributed by atoms with Gasteiger partial charge in [-0.15, -0.1) is 0 Å². The van der Waals surface area contributed by atoms with Crippen molar-refractivity contribution in [3.8, 4) is 22.9 Å². The van der Waals surface area contributed by atoms with Gasteiger partial charge in [-0.2, -0.15) is 9.61 Å². The number of hydrogen-bond acceptors (Lipinski definition) is 6. The van der Waals surface area contributed by atoms with Crippen LogP contribution >= 0.6 is 11.6 Å². The third-order valence-corrected chi connectivity index (χ3v) is 7.07. The Hall–Kier alpha value is -4.47. The Morgan fingerprint density at radius 3 is 2.55 bits per heavy atom. The molecule has 2 aromatic carbocycles. The van der Waals surface area contributed by atoms with E-state index in [9.17, 15) is 9.59 Å². The number of hydrogen-bond donors (Lipinski definition) is 1. The zero-order valence-corrected chi connectivity index (χ0v) is 22.3. The van der Waals surface area contributed by atoms with Gasteiger partial charge in [0.2, 0.25) is 11.8 Å². The minimum atomic E-state index is -0.399. The molecule has 40 heavy (non-hydrogen) atoms. The highest BCUT2D eigenvalue weighted by atomic mass is 35.5. The van der Waals surface area contributed by atoms with Gasteiger partial charge in [-0.1, -0.05) is 29.8 Å². The molecule has 0 unspecified atom stereocenters. The summed E-state index contributed by atoms with van der Waals surface area (Å²) in [5.74, 6) is 0.742. The maximum Gasteiger partial charge on any atom is 0.298 e. The summed E-state index contributed by atoms with van der Waals surface area (Å²) in [6, 6.07) is 22.2. The van der Waals surface area contributed by atoms with Gasteiger partial charge in [0.15, 0.2) is 0 Å². The molecular formula is C30H26ClN5O4. The number of amides is 1. The van der Waals surface area contributed by atoms with E-state index in [-0.39, 0.29) is 17.5 Å². The first-order valence-electron chi connectivity index (χ1n) is 13.0. The molecule has 0 spiro atoms. The van der Waals surface area contributed by atoms with Crippen molar-refractivity contribution in [2.45, 2.75) is 19.4 Å². The van der Waals surface area contributed by atoms with Gasteiger partial charge in [0.25, 0.3) is 5.56 Å². The Labute approximate surface area is 235 Å². The van der Waals surface area contributed by atoms with Gasteiger partial charge in [-0.3, -0.25) is 9.59 Å². The number of aromatic nitrogens is 4. The number of ether oxygens (including phenoxy) is 2. The van der Waals surface area contributed by atoms with Gasteiger partial charge in [-0.25, -0.2) is 4.98 Å². The first-order valence-corrected chi connectivity index (χ1v) is 13.4. The average Bonchev–Trinajstić information content (AvgIpc) is 3.44. The fraction of sp³-hybridized carbons (Fsp3) is 0.200. The van der Waals surface area contributed by atoms with Crippen molar-refractivity contribution in [2.75, 3.05) is 18.5 Å². The van der Waals surface area contributed by atoms with Crippen LogP contribution in [0.3, 0.4) is 0 Å². The van der Waals surface area contributed by atoms with Gasteiger partial charge < -0.3 is 19.4 Å². The summed E-state index contributed by atoms with van der Waals surface area (Å²) in [7, 11) is 0. The number of carbonyl (C=O) groups is 1. The first-order chi connectivity index (χ1) is 19.5. The van der Waals surface area contributed by atoms with Crippen molar-refractivity contribution >= 4 is 28.8 Å². The number of anilines is 1. The summed E-state index contributed by atoms with van der Waals surface area (Å²) >= 11 is 6.08. The minimum Gasteiger partial charge on any atom is -0.439 e. The molecule has 1 saturated heterocycles. The number of carbonyl (C=O) groups excluding carboxylic acids is 1. The largest absolute Gasteiger partial charge is 0.439 e. The Balaban J connectivity index is 1.35. The Bertz CT molecular complexity index is 1690. The number of fused-ring (bicyclic) bond motifs is 1. The molecule has 0 bridgehead atoms. The lowest BCUT2D eigenvalue weighted by Gasteiger charge is -2.21. The summed E-state index contributed by atoms with van der Waals surface area (Å²) in [5.41, 5.74) is 2.76. The summed E-state index contributed by atoms with van der Waals surface area (Å²) in [6.07, 6.45) is 4.59. The highest BCUT2D eigenvalue weighted by Crippen LogP contribution is 2.26. The molecule has 3 aromatic heterocycles. The molecule has 4 heterocycles. The number of nitrogens with one attached hydrogen (secondary N) is 1. The van der Waals surface area contributed by atoms with Gasteiger partial charge in [-0.05, 0) is 60.9 Å². The lowest BCUT2D eigenvalue weighted by atomic mass is 9.99. The predicted octanol–water partition coefficient (Wildman–Crippen LogP) is 5.42. The standard InChI is InChI=1S/C30H26ClN5O4/c31-23-8-4-20(5-9-23)18-35-19-26(33-29(37)22-12-15-39-16-13-22)30(38)36-28(35)17-25(34-36)21-6-10-24(11-7-21)40-27-3-1-2-14-32-27/h1-11,14,17,19,22H,12-13,15-16,18H2,(H,33,37). The monoisotopic (exact) mass is 555 g/mol. The van der Waals surface area contributed by atoms with Crippen LogP contribution in [0.1, 0.15) is 18.4 Å². The van der Waals surface area contributed by atoms with E-state index in [1.165, 1.54) is 4.52 Å². The maximum absolute atomic E-state index is 13.5. The molecule has 1 amide bonds. The summed E-state index contributed by atoms with van der Waals surface area (Å²) in [4.78, 5) is 30.7. The molecule has 0 atom stereocenters. The number of nitrogens with zero attached hydrogens (tertiary/aromatic N) is 4. The third-order valence-electron chi connectivity index (χ3n) is 6.82. The number of halogens is 1. The molecule has 1 N–H and O–H groups in total. The van der Waals surface area contributed by atoms with Crippen LogP contribution in [0.5, 0.6) is 11.6 Å². The van der Waals surface area contributed by atoms with E-state index >= 15 is 0 Å². The zero-order chi connectivity index (χ0) is 27.5. The normalized spacial score (nSPS) is 13.8. The Morgan fingerprint density at radius 2 is 1.82 bits per heavy atom. The van der Waals surface area contributed by atoms with Crippen molar-refractivity contribution in [1.29, 1.82) is 0 Å². The van der Waals surface area contributed by atoms with Crippen LogP contribution in [0, 0.1) is 5.92 Å². The number of pyridine rings is 1. The molecule has 0 radical (unpaired) electrons. The van der Waals surface area contributed by atoms with Gasteiger partial charge >= 0.3 is 0 Å². The average molecular weight is 556 g/mol. The molecule has 0 aliphatic carbocycles. The predicted molar refractivity (Wildman–Crippen MR) is 152 cm³/mol. The maximum atomic E-state index is 13.5. The Kier molecular flexibility index (Phi) is 7.31. The van der Waals surface area contributed by atoms with Gasteiger partial charge in [0, 0.05) is 60.8 Å². The lowest BCUT2D eigenvalue weighted by Crippen LogP contribution is -2.32. The zero-order valence-electron chi connectivity index (χ0n) is 21.5. The molecule has 202 valence electrons. The van der Waals surface area contributed by atoms with Crippen LogP contribution in [0.25, 0.3) is 16.9 Å². The molecule has 5 aromatic rings. The molecule has 9 nitrogen and oxygen atoms in total. The molecule has 1 aliphatic rings. The number of rotatable bonds is 7. The first kappa shape index (κ1) is 25.8. The second-order valence-electron chi connectivity index (χ2n) is 9.57. The van der Waals surface area contributed by atoms with E-state index < -0.39 is 5.56 Å².